The maximum atomic E-state index is 13.0. The van der Waals surface area contributed by atoms with Crippen LogP contribution in [0.5, 0.6) is 5.75 Å². The second-order valence-electron chi connectivity index (χ2n) is 6.28. The van der Waals surface area contributed by atoms with Crippen LogP contribution in [0.15, 0.2) is 29.1 Å². The van der Waals surface area contributed by atoms with Gasteiger partial charge in [-0.3, -0.25) is 9.78 Å². The molecule has 3 rings (SSSR count). The molecule has 1 amide bonds. The molecule has 128 valence electrons. The number of nitrogens with zero attached hydrogens (tertiary/aromatic N) is 1. The van der Waals surface area contributed by atoms with E-state index in [2.05, 4.69) is 20.5 Å². The van der Waals surface area contributed by atoms with Crippen LogP contribution in [0.1, 0.15) is 50.0 Å². The molecule has 24 heavy (non-hydrogen) atoms. The van der Waals surface area contributed by atoms with Crippen LogP contribution in [0.4, 0.5) is 0 Å². The molecule has 1 aromatic heterocycles. The van der Waals surface area contributed by atoms with E-state index in [0.29, 0.717) is 5.82 Å². The Kier molecular flexibility index (Phi) is 4.42. The molecule has 1 aromatic carbocycles. The van der Waals surface area contributed by atoms with Gasteiger partial charge in [-0.25, -0.2) is 9.89 Å². The number of hydrogen-bond acceptors (Lipinski definition) is 4. The van der Waals surface area contributed by atoms with E-state index in [0.717, 1.165) is 37.0 Å². The number of aromatic nitrogens is 3. The third-order valence-electron chi connectivity index (χ3n) is 4.81. The van der Waals surface area contributed by atoms with Gasteiger partial charge in [0.25, 0.3) is 0 Å². The molecule has 0 bridgehead atoms. The van der Waals surface area contributed by atoms with Crippen LogP contribution in [-0.2, 0) is 10.2 Å². The summed E-state index contributed by atoms with van der Waals surface area (Å²) in [4.78, 5) is 26.8. The predicted octanol–water partition coefficient (Wildman–Crippen LogP) is 1.80. The first kappa shape index (κ1) is 16.3. The second kappa shape index (κ2) is 6.51. The maximum Gasteiger partial charge on any atom is 0.340 e. The van der Waals surface area contributed by atoms with Crippen molar-refractivity contribution >= 4 is 5.91 Å². The zero-order valence-corrected chi connectivity index (χ0v) is 13.9. The number of nitrogens with one attached hydrogen (secondary N) is 3. The van der Waals surface area contributed by atoms with E-state index in [-0.39, 0.29) is 17.6 Å². The molecule has 0 radical (unpaired) electrons. The Morgan fingerprint density at radius 1 is 1.29 bits per heavy atom. The highest BCUT2D eigenvalue weighted by Gasteiger charge is 2.43. The van der Waals surface area contributed by atoms with Crippen molar-refractivity contribution in [2.75, 3.05) is 7.11 Å². The molecule has 3 N–H and O–H groups in total. The zero-order chi connectivity index (χ0) is 17.2. The Bertz CT molecular complexity index is 757. The van der Waals surface area contributed by atoms with Gasteiger partial charge in [0.05, 0.1) is 18.6 Å². The molecule has 7 nitrogen and oxygen atoms in total. The quantitative estimate of drug-likeness (QED) is 0.778. The van der Waals surface area contributed by atoms with Gasteiger partial charge in [-0.15, -0.1) is 0 Å². The summed E-state index contributed by atoms with van der Waals surface area (Å²) in [5.41, 5.74) is 0.0924. The first-order chi connectivity index (χ1) is 11.5. The fourth-order valence-electron chi connectivity index (χ4n) is 3.43. The number of carbonyl (C=O) groups is 1. The van der Waals surface area contributed by atoms with Crippen molar-refractivity contribution in [3.05, 3.63) is 46.1 Å². The predicted molar refractivity (Wildman–Crippen MR) is 88.9 cm³/mol. The van der Waals surface area contributed by atoms with Crippen LogP contribution in [0.2, 0.25) is 0 Å². The molecule has 7 heteroatoms. The molecule has 0 spiro atoms. The fraction of sp³-hybridized carbons (Fsp3) is 0.471. The lowest BCUT2D eigenvalue weighted by atomic mass is 9.77. The van der Waals surface area contributed by atoms with Crippen molar-refractivity contribution in [1.29, 1.82) is 0 Å². The zero-order valence-electron chi connectivity index (χ0n) is 13.9. The number of amides is 1. The molecule has 1 atom stereocenters. The van der Waals surface area contributed by atoms with Crippen molar-refractivity contribution < 1.29 is 9.53 Å². The van der Waals surface area contributed by atoms with E-state index in [1.54, 1.807) is 14.0 Å². The van der Waals surface area contributed by atoms with Gasteiger partial charge < -0.3 is 10.1 Å². The Hall–Kier alpha value is -2.57. The monoisotopic (exact) mass is 330 g/mol. The van der Waals surface area contributed by atoms with Crippen molar-refractivity contribution in [2.24, 2.45) is 0 Å². The van der Waals surface area contributed by atoms with Crippen LogP contribution >= 0.6 is 0 Å². The van der Waals surface area contributed by atoms with E-state index in [1.807, 2.05) is 24.3 Å². The first-order valence-corrected chi connectivity index (χ1v) is 8.15. The summed E-state index contributed by atoms with van der Waals surface area (Å²) in [6, 6.07) is 7.33. The minimum absolute atomic E-state index is 0.0264. The molecule has 1 aliphatic rings. The smallest absolute Gasteiger partial charge is 0.340 e. The van der Waals surface area contributed by atoms with Gasteiger partial charge in [-0.2, -0.15) is 5.10 Å². The van der Waals surface area contributed by atoms with Crippen LogP contribution in [-0.4, -0.2) is 28.2 Å². The highest BCUT2D eigenvalue weighted by Crippen LogP contribution is 2.42. The fourth-order valence-corrected chi connectivity index (χ4v) is 3.43. The summed E-state index contributed by atoms with van der Waals surface area (Å²) in [6.07, 6.45) is 3.67. The molecule has 1 aliphatic carbocycles. The average molecular weight is 330 g/mol. The standard InChI is InChI=1S/C17H22N4O3/c1-11(14-19-16(23)21-20-14)18-15(22)17(9-3-4-10-17)12-5-7-13(24-2)8-6-12/h5-8,11H,3-4,9-10H2,1-2H3,(H,18,22)(H2,19,20,21,23). The highest BCUT2D eigenvalue weighted by molar-refractivity contribution is 5.88. The summed E-state index contributed by atoms with van der Waals surface area (Å²) in [5, 5.41) is 9.21. The lowest BCUT2D eigenvalue weighted by Gasteiger charge is -2.29. The molecule has 1 fully saturated rings. The minimum Gasteiger partial charge on any atom is -0.497 e. The van der Waals surface area contributed by atoms with Gasteiger partial charge >= 0.3 is 5.69 Å². The average Bonchev–Trinajstić information content (AvgIpc) is 3.25. The second-order valence-corrected chi connectivity index (χ2v) is 6.28. The van der Waals surface area contributed by atoms with Gasteiger partial charge in [0.2, 0.25) is 5.91 Å². The van der Waals surface area contributed by atoms with Crippen molar-refractivity contribution in [3.8, 4) is 5.75 Å². The van der Waals surface area contributed by atoms with E-state index >= 15 is 0 Å². The molecule has 0 aliphatic heterocycles. The molecule has 2 aromatic rings. The number of rotatable bonds is 5. The van der Waals surface area contributed by atoms with Crippen LogP contribution in [0.25, 0.3) is 0 Å². The minimum atomic E-state index is -0.531. The van der Waals surface area contributed by atoms with Crippen LogP contribution in [0.3, 0.4) is 0 Å². The largest absolute Gasteiger partial charge is 0.497 e. The molecular formula is C17H22N4O3. The SMILES string of the molecule is COc1ccc(C2(C(=O)NC(C)c3n[nH]c(=O)[nH]3)CCCC2)cc1. The van der Waals surface area contributed by atoms with Crippen LogP contribution in [0, 0.1) is 0 Å². The van der Waals surface area contributed by atoms with E-state index in [9.17, 15) is 9.59 Å². The Balaban J connectivity index is 1.83. The third kappa shape index (κ3) is 2.93. The van der Waals surface area contributed by atoms with Gasteiger partial charge in [-0.1, -0.05) is 25.0 Å². The number of benzene rings is 1. The van der Waals surface area contributed by atoms with Gasteiger partial charge in [0, 0.05) is 0 Å². The molecule has 1 unspecified atom stereocenters. The summed E-state index contributed by atoms with van der Waals surface area (Å²) in [5.74, 6) is 1.17. The molecule has 0 saturated heterocycles. The lowest BCUT2D eigenvalue weighted by molar-refractivity contribution is -0.127. The number of aromatic amines is 2. The van der Waals surface area contributed by atoms with E-state index < -0.39 is 5.41 Å². The van der Waals surface area contributed by atoms with Gasteiger partial charge in [0.1, 0.15) is 5.75 Å². The van der Waals surface area contributed by atoms with Crippen molar-refractivity contribution in [3.63, 3.8) is 0 Å². The number of carbonyl (C=O) groups excluding carboxylic acids is 1. The highest BCUT2D eigenvalue weighted by atomic mass is 16.5. The van der Waals surface area contributed by atoms with Gasteiger partial charge in [0.15, 0.2) is 5.82 Å². The number of H-pyrrole nitrogens is 2. The number of ether oxygens (including phenoxy) is 1. The van der Waals surface area contributed by atoms with Crippen molar-refractivity contribution in [1.82, 2.24) is 20.5 Å². The molecule has 1 heterocycles. The maximum absolute atomic E-state index is 13.0. The summed E-state index contributed by atoms with van der Waals surface area (Å²) >= 11 is 0. The number of hydrogen-bond donors (Lipinski definition) is 3. The summed E-state index contributed by atoms with van der Waals surface area (Å²) in [7, 11) is 1.62. The van der Waals surface area contributed by atoms with E-state index in [4.69, 9.17) is 4.74 Å². The van der Waals surface area contributed by atoms with Gasteiger partial charge in [-0.05, 0) is 37.5 Å². The Morgan fingerprint density at radius 3 is 2.50 bits per heavy atom. The Labute approximate surface area is 139 Å². The summed E-state index contributed by atoms with van der Waals surface area (Å²) in [6.45, 7) is 1.81. The summed E-state index contributed by atoms with van der Waals surface area (Å²) < 4.78 is 5.20. The lowest BCUT2D eigenvalue weighted by Crippen LogP contribution is -2.43. The van der Waals surface area contributed by atoms with Crippen molar-refractivity contribution in [2.45, 2.75) is 44.1 Å². The van der Waals surface area contributed by atoms with E-state index in [1.165, 1.54) is 0 Å². The first-order valence-electron chi connectivity index (χ1n) is 8.15. The normalized spacial score (nSPS) is 17.4. The molecular weight excluding hydrogens is 308 g/mol. The topological polar surface area (TPSA) is 99.9 Å². The Morgan fingerprint density at radius 2 is 1.96 bits per heavy atom. The third-order valence-corrected chi connectivity index (χ3v) is 4.81. The van der Waals surface area contributed by atoms with Crippen LogP contribution < -0.4 is 15.7 Å². The molecule has 1 saturated carbocycles. The number of methoxy groups -OCH3 is 1.